The molecule has 0 saturated heterocycles. The van der Waals surface area contributed by atoms with E-state index in [0.29, 0.717) is 19.1 Å². The highest BCUT2D eigenvalue weighted by Crippen LogP contribution is 1.97. The molecule has 2 N–H and O–H groups in total. The third kappa shape index (κ3) is 11.4. The second kappa shape index (κ2) is 8.01. The Morgan fingerprint density at radius 3 is 2.69 bits per heavy atom. The van der Waals surface area contributed by atoms with Crippen molar-refractivity contribution < 1.29 is 14.6 Å². The van der Waals surface area contributed by atoms with E-state index in [1.165, 1.54) is 0 Å². The summed E-state index contributed by atoms with van der Waals surface area (Å²) in [4.78, 5) is 10.1. The zero-order chi connectivity index (χ0) is 10.1. The molecule has 0 fully saturated rings. The topological polar surface area (TPSA) is 58.6 Å². The highest BCUT2D eigenvalue weighted by atomic mass is 16.5. The van der Waals surface area contributed by atoms with Crippen LogP contribution < -0.4 is 5.32 Å². The molecule has 0 aliphatic heterocycles. The van der Waals surface area contributed by atoms with Crippen molar-refractivity contribution in [3.8, 4) is 0 Å². The van der Waals surface area contributed by atoms with Crippen LogP contribution in [0.4, 0.5) is 0 Å². The maximum atomic E-state index is 10.1. The number of hydrogen-bond acceptors (Lipinski definition) is 3. The third-order valence-corrected chi connectivity index (χ3v) is 1.54. The van der Waals surface area contributed by atoms with Gasteiger partial charge in [0.05, 0.1) is 13.2 Å². The molecule has 0 aromatic carbocycles. The van der Waals surface area contributed by atoms with Crippen LogP contribution in [0.5, 0.6) is 0 Å². The van der Waals surface area contributed by atoms with Gasteiger partial charge in [-0.15, -0.1) is 0 Å². The molecule has 13 heavy (non-hydrogen) atoms. The van der Waals surface area contributed by atoms with Gasteiger partial charge in [0.15, 0.2) is 0 Å². The highest BCUT2D eigenvalue weighted by molar-refractivity contribution is 5.68. The molecule has 0 amide bonds. The van der Waals surface area contributed by atoms with E-state index in [1.54, 1.807) is 0 Å². The van der Waals surface area contributed by atoms with Gasteiger partial charge in [0, 0.05) is 13.2 Å². The summed E-state index contributed by atoms with van der Waals surface area (Å²) in [6.45, 7) is 6.24. The maximum Gasteiger partial charge on any atom is 0.317 e. The van der Waals surface area contributed by atoms with Gasteiger partial charge >= 0.3 is 5.97 Å². The van der Waals surface area contributed by atoms with Gasteiger partial charge in [-0.2, -0.15) is 0 Å². The highest BCUT2D eigenvalue weighted by Gasteiger charge is 1.95. The van der Waals surface area contributed by atoms with E-state index in [0.717, 1.165) is 13.0 Å². The first-order chi connectivity index (χ1) is 6.13. The number of rotatable bonds is 8. The minimum atomic E-state index is -0.831. The number of carboxylic acid groups (broad SMARTS) is 1. The van der Waals surface area contributed by atoms with Crippen LogP contribution in [0, 0.1) is 5.92 Å². The lowest BCUT2D eigenvalue weighted by Crippen LogP contribution is -2.26. The second-order valence-corrected chi connectivity index (χ2v) is 3.37. The fraction of sp³-hybridized carbons (Fsp3) is 0.889. The summed E-state index contributed by atoms with van der Waals surface area (Å²) in [5.41, 5.74) is 0. The van der Waals surface area contributed by atoms with Crippen molar-refractivity contribution in [2.75, 3.05) is 26.3 Å². The van der Waals surface area contributed by atoms with E-state index < -0.39 is 5.97 Å². The van der Waals surface area contributed by atoms with Gasteiger partial charge in [-0.25, -0.2) is 0 Å². The normalized spacial score (nSPS) is 10.7. The zero-order valence-electron chi connectivity index (χ0n) is 8.38. The van der Waals surface area contributed by atoms with Crippen LogP contribution >= 0.6 is 0 Å². The first kappa shape index (κ1) is 12.4. The van der Waals surface area contributed by atoms with E-state index in [-0.39, 0.29) is 6.54 Å². The number of hydrogen-bond donors (Lipinski definition) is 2. The van der Waals surface area contributed by atoms with Gasteiger partial charge in [0.2, 0.25) is 0 Å². The Kier molecular flexibility index (Phi) is 7.63. The molecule has 0 aliphatic carbocycles. The lowest BCUT2D eigenvalue weighted by Gasteiger charge is -2.06. The van der Waals surface area contributed by atoms with Crippen LogP contribution in [0.1, 0.15) is 20.3 Å². The Morgan fingerprint density at radius 1 is 1.46 bits per heavy atom. The Morgan fingerprint density at radius 2 is 2.15 bits per heavy atom. The van der Waals surface area contributed by atoms with Crippen molar-refractivity contribution in [1.29, 1.82) is 0 Å². The predicted octanol–water partition coefficient (Wildman–Crippen LogP) is 0.723. The Labute approximate surface area is 79.3 Å². The minimum absolute atomic E-state index is 0.00748. The molecule has 4 nitrogen and oxygen atoms in total. The zero-order valence-corrected chi connectivity index (χ0v) is 8.38. The van der Waals surface area contributed by atoms with Gasteiger partial charge < -0.3 is 15.2 Å². The smallest absolute Gasteiger partial charge is 0.317 e. The second-order valence-electron chi connectivity index (χ2n) is 3.37. The summed E-state index contributed by atoms with van der Waals surface area (Å²) in [5, 5.41) is 11.0. The molecule has 0 aromatic rings. The lowest BCUT2D eigenvalue weighted by molar-refractivity contribution is -0.136. The van der Waals surface area contributed by atoms with Crippen molar-refractivity contribution in [3.05, 3.63) is 0 Å². The molecule has 0 radical (unpaired) electrons. The predicted molar refractivity (Wildman–Crippen MR) is 50.8 cm³/mol. The summed E-state index contributed by atoms with van der Waals surface area (Å²) in [6, 6.07) is 0. The molecule has 78 valence electrons. The Bertz CT molecular complexity index is 137. The minimum Gasteiger partial charge on any atom is -0.480 e. The molecule has 0 rings (SSSR count). The molecular formula is C9H19NO3. The molecular weight excluding hydrogens is 170 g/mol. The lowest BCUT2D eigenvalue weighted by atomic mass is 10.1. The number of carbonyl (C=O) groups is 1. The van der Waals surface area contributed by atoms with Gasteiger partial charge in [0.1, 0.15) is 0 Å². The summed E-state index contributed by atoms with van der Waals surface area (Å²) in [5.74, 6) is -0.172. The first-order valence-electron chi connectivity index (χ1n) is 4.63. The number of ether oxygens (including phenoxy) is 1. The average Bonchev–Trinajstić information content (AvgIpc) is 2.01. The number of carboxylic acids is 1. The molecule has 4 heteroatoms. The molecule has 0 unspecified atom stereocenters. The van der Waals surface area contributed by atoms with Crippen molar-refractivity contribution in [3.63, 3.8) is 0 Å². The van der Waals surface area contributed by atoms with E-state index in [9.17, 15) is 4.79 Å². The maximum absolute atomic E-state index is 10.1. The summed E-state index contributed by atoms with van der Waals surface area (Å²) in [7, 11) is 0. The number of aliphatic carboxylic acids is 1. The van der Waals surface area contributed by atoms with E-state index in [1.807, 2.05) is 0 Å². The van der Waals surface area contributed by atoms with Gasteiger partial charge in [0.25, 0.3) is 0 Å². The monoisotopic (exact) mass is 189 g/mol. The molecule has 0 saturated carbocycles. The quantitative estimate of drug-likeness (QED) is 0.552. The largest absolute Gasteiger partial charge is 0.480 e. The van der Waals surface area contributed by atoms with Crippen LogP contribution in [0.25, 0.3) is 0 Å². The van der Waals surface area contributed by atoms with Gasteiger partial charge in [-0.3, -0.25) is 4.79 Å². The average molecular weight is 189 g/mol. The van der Waals surface area contributed by atoms with Gasteiger partial charge in [-0.05, 0) is 12.3 Å². The summed E-state index contributed by atoms with van der Waals surface area (Å²) in [6.07, 6.45) is 1.05. The van der Waals surface area contributed by atoms with Crippen LogP contribution in [-0.4, -0.2) is 37.4 Å². The fourth-order valence-corrected chi connectivity index (χ4v) is 0.761. The Hall–Kier alpha value is -0.610. The van der Waals surface area contributed by atoms with E-state index in [2.05, 4.69) is 19.2 Å². The molecule has 0 spiro atoms. The molecule has 0 atom stereocenters. The molecule has 0 heterocycles. The standard InChI is InChI=1S/C9H19NO3/c1-8(2)3-5-13-6-4-10-7-9(11)12/h8,10H,3-7H2,1-2H3,(H,11,12). The first-order valence-corrected chi connectivity index (χ1v) is 4.63. The van der Waals surface area contributed by atoms with E-state index in [4.69, 9.17) is 9.84 Å². The SMILES string of the molecule is CC(C)CCOCCNCC(=O)O. The van der Waals surface area contributed by atoms with Crippen molar-refractivity contribution in [1.82, 2.24) is 5.32 Å². The molecule has 0 aliphatic rings. The van der Waals surface area contributed by atoms with Crippen molar-refractivity contribution in [2.45, 2.75) is 20.3 Å². The van der Waals surface area contributed by atoms with E-state index >= 15 is 0 Å². The summed E-state index contributed by atoms with van der Waals surface area (Å²) < 4.78 is 5.27. The number of nitrogens with one attached hydrogen (secondary N) is 1. The molecule has 0 aromatic heterocycles. The van der Waals surface area contributed by atoms with Crippen molar-refractivity contribution in [2.24, 2.45) is 5.92 Å². The van der Waals surface area contributed by atoms with Crippen LogP contribution in [0.2, 0.25) is 0 Å². The summed E-state index contributed by atoms with van der Waals surface area (Å²) >= 11 is 0. The Balaban J connectivity index is 2.96. The fourth-order valence-electron chi connectivity index (χ4n) is 0.761. The molecule has 0 bridgehead atoms. The van der Waals surface area contributed by atoms with Crippen LogP contribution in [0.15, 0.2) is 0 Å². The van der Waals surface area contributed by atoms with Crippen LogP contribution in [0.3, 0.4) is 0 Å². The van der Waals surface area contributed by atoms with Crippen LogP contribution in [-0.2, 0) is 9.53 Å². The van der Waals surface area contributed by atoms with Gasteiger partial charge in [-0.1, -0.05) is 13.8 Å². The van der Waals surface area contributed by atoms with Crippen molar-refractivity contribution >= 4 is 5.97 Å². The third-order valence-electron chi connectivity index (χ3n) is 1.54.